The molecule has 0 radical (unpaired) electrons. The number of aldehydes is 2. The van der Waals surface area contributed by atoms with Gasteiger partial charge in [-0.1, -0.05) is 30.3 Å². The Morgan fingerprint density at radius 3 is 1.93 bits per heavy atom. The molecule has 4 aromatic carbocycles. The molecular formula is C33H28N2O6. The number of aromatic hydroxyl groups is 2. The van der Waals surface area contributed by atoms with Crippen LogP contribution in [0.2, 0.25) is 0 Å². The maximum absolute atomic E-state index is 13.2. The lowest BCUT2D eigenvalue weighted by Gasteiger charge is -2.19. The van der Waals surface area contributed by atoms with Crippen molar-refractivity contribution in [3.8, 4) is 22.6 Å². The second kappa shape index (κ2) is 11.5. The van der Waals surface area contributed by atoms with E-state index in [1.54, 1.807) is 34.1 Å². The van der Waals surface area contributed by atoms with E-state index in [2.05, 4.69) is 12.1 Å². The first kappa shape index (κ1) is 27.3. The van der Waals surface area contributed by atoms with Crippen LogP contribution < -0.4 is 9.80 Å². The topological polar surface area (TPSA) is 115 Å². The average molecular weight is 549 g/mol. The molecule has 2 aliphatic heterocycles. The predicted molar refractivity (Wildman–Crippen MR) is 156 cm³/mol. The largest absolute Gasteiger partial charge is 0.507 e. The van der Waals surface area contributed by atoms with Gasteiger partial charge in [-0.05, 0) is 90.0 Å². The number of amides is 2. The molecular weight excluding hydrogens is 520 g/mol. The third-order valence-electron chi connectivity index (χ3n) is 7.47. The molecule has 41 heavy (non-hydrogen) atoms. The number of nitrogens with zero attached hydrogens (tertiary/aromatic N) is 2. The summed E-state index contributed by atoms with van der Waals surface area (Å²) in [4.78, 5) is 49.1. The minimum atomic E-state index is -0.214. The van der Waals surface area contributed by atoms with Gasteiger partial charge in [-0.25, -0.2) is 0 Å². The molecule has 0 fully saturated rings. The van der Waals surface area contributed by atoms with Crippen LogP contribution in [0.5, 0.6) is 11.5 Å². The third kappa shape index (κ3) is 5.19. The minimum Gasteiger partial charge on any atom is -0.507 e. The number of rotatable bonds is 5. The van der Waals surface area contributed by atoms with E-state index in [4.69, 9.17) is 5.11 Å². The molecule has 2 heterocycles. The van der Waals surface area contributed by atoms with Crippen LogP contribution >= 0.6 is 0 Å². The number of fused-ring (bicyclic) bond motifs is 2. The number of anilines is 2. The van der Waals surface area contributed by atoms with Gasteiger partial charge in [0, 0.05) is 30.0 Å². The molecule has 8 heteroatoms. The second-order valence-corrected chi connectivity index (χ2v) is 9.93. The zero-order valence-electron chi connectivity index (χ0n) is 22.4. The highest BCUT2D eigenvalue weighted by molar-refractivity contribution is 6.08. The summed E-state index contributed by atoms with van der Waals surface area (Å²) in [5.74, 6) is -0.363. The van der Waals surface area contributed by atoms with Crippen molar-refractivity contribution in [2.24, 2.45) is 0 Å². The summed E-state index contributed by atoms with van der Waals surface area (Å²) in [6.45, 7) is 3.07. The maximum atomic E-state index is 13.2. The summed E-state index contributed by atoms with van der Waals surface area (Å²) < 4.78 is 0. The number of carbonyl (C=O) groups is 4. The van der Waals surface area contributed by atoms with Gasteiger partial charge >= 0.3 is 0 Å². The van der Waals surface area contributed by atoms with E-state index in [9.17, 15) is 24.3 Å². The number of hydrogen-bond acceptors (Lipinski definition) is 6. The number of aryl methyl sites for hydroxylation is 1. The van der Waals surface area contributed by atoms with Crippen molar-refractivity contribution >= 4 is 36.3 Å². The van der Waals surface area contributed by atoms with Crippen LogP contribution in [0.4, 0.5) is 11.4 Å². The zero-order chi connectivity index (χ0) is 29.1. The standard InChI is InChI=1S/C25H20N2O4.C8H8O2/c28-14-17-8-7-16(13-24(17)30)25(31)27-12-10-21-19(4-2-6-23(21)27)18-3-1-5-22-20(18)9-11-26(22)15-29;1-6-2-3-7(5-9)8(10)4-6/h1-8,13-15,30H,9-12H2;2-5,10H,1H3. The van der Waals surface area contributed by atoms with Gasteiger partial charge in [-0.3, -0.25) is 19.2 Å². The highest BCUT2D eigenvalue weighted by atomic mass is 16.3. The molecule has 0 saturated carbocycles. The highest BCUT2D eigenvalue weighted by Crippen LogP contribution is 2.41. The summed E-state index contributed by atoms with van der Waals surface area (Å²) in [6.07, 6.45) is 3.59. The quantitative estimate of drug-likeness (QED) is 0.335. The predicted octanol–water partition coefficient (Wildman–Crippen LogP) is 5.11. The molecule has 0 atom stereocenters. The van der Waals surface area contributed by atoms with Crippen LogP contribution in [0.25, 0.3) is 11.1 Å². The molecule has 2 amide bonds. The Hall–Kier alpha value is -5.24. The van der Waals surface area contributed by atoms with Gasteiger partial charge in [-0.15, -0.1) is 0 Å². The lowest BCUT2D eigenvalue weighted by atomic mass is 9.93. The van der Waals surface area contributed by atoms with Gasteiger partial charge in [-0.2, -0.15) is 0 Å². The summed E-state index contributed by atoms with van der Waals surface area (Å²) in [6, 6.07) is 21.2. The van der Waals surface area contributed by atoms with Crippen LogP contribution in [0.3, 0.4) is 0 Å². The summed E-state index contributed by atoms with van der Waals surface area (Å²) in [7, 11) is 0. The van der Waals surface area contributed by atoms with E-state index in [1.165, 1.54) is 12.1 Å². The fraction of sp³-hybridized carbons (Fsp3) is 0.152. The smallest absolute Gasteiger partial charge is 0.258 e. The molecule has 6 rings (SSSR count). The van der Waals surface area contributed by atoms with Crippen molar-refractivity contribution in [2.45, 2.75) is 19.8 Å². The van der Waals surface area contributed by atoms with Gasteiger partial charge in [0.05, 0.1) is 11.1 Å². The van der Waals surface area contributed by atoms with Crippen LogP contribution in [0, 0.1) is 6.92 Å². The van der Waals surface area contributed by atoms with Crippen molar-refractivity contribution in [3.05, 3.63) is 106 Å². The van der Waals surface area contributed by atoms with E-state index in [1.807, 2.05) is 31.2 Å². The van der Waals surface area contributed by atoms with Crippen molar-refractivity contribution in [1.29, 1.82) is 0 Å². The van der Waals surface area contributed by atoms with E-state index in [0.29, 0.717) is 36.8 Å². The van der Waals surface area contributed by atoms with Gasteiger partial charge < -0.3 is 20.0 Å². The molecule has 0 spiro atoms. The number of benzene rings is 4. The Balaban J connectivity index is 0.000000287. The summed E-state index contributed by atoms with van der Waals surface area (Å²) in [5.41, 5.74) is 8.01. The van der Waals surface area contributed by atoms with Gasteiger partial charge in [0.25, 0.3) is 5.91 Å². The molecule has 2 N–H and O–H groups in total. The molecule has 2 aliphatic rings. The molecule has 0 unspecified atom stereocenters. The first-order valence-corrected chi connectivity index (χ1v) is 13.2. The Kier molecular flexibility index (Phi) is 7.65. The van der Waals surface area contributed by atoms with E-state index in [-0.39, 0.29) is 23.0 Å². The second-order valence-electron chi connectivity index (χ2n) is 9.93. The average Bonchev–Trinajstić information content (AvgIpc) is 3.61. The number of hydrogen-bond donors (Lipinski definition) is 2. The lowest BCUT2D eigenvalue weighted by Crippen LogP contribution is -2.28. The van der Waals surface area contributed by atoms with Gasteiger partial charge in [0.1, 0.15) is 11.5 Å². The monoisotopic (exact) mass is 548 g/mol. The summed E-state index contributed by atoms with van der Waals surface area (Å²) >= 11 is 0. The number of phenolic OH excluding ortho intramolecular Hbond substituents is 2. The fourth-order valence-corrected chi connectivity index (χ4v) is 5.40. The van der Waals surface area contributed by atoms with Crippen molar-refractivity contribution in [2.75, 3.05) is 22.9 Å². The first-order chi connectivity index (χ1) is 19.9. The van der Waals surface area contributed by atoms with Gasteiger partial charge in [0.2, 0.25) is 6.41 Å². The minimum absolute atomic E-state index is 0.0509. The molecule has 0 aromatic heterocycles. The van der Waals surface area contributed by atoms with Crippen LogP contribution in [-0.4, -0.2) is 48.2 Å². The van der Waals surface area contributed by atoms with E-state index >= 15 is 0 Å². The molecule has 206 valence electrons. The Morgan fingerprint density at radius 1 is 0.732 bits per heavy atom. The summed E-state index contributed by atoms with van der Waals surface area (Å²) in [5, 5.41) is 19.0. The molecule has 0 aliphatic carbocycles. The fourth-order valence-electron chi connectivity index (χ4n) is 5.40. The Bertz CT molecular complexity index is 1680. The van der Waals surface area contributed by atoms with Crippen LogP contribution in [0.1, 0.15) is 47.8 Å². The Labute approximate surface area is 237 Å². The van der Waals surface area contributed by atoms with E-state index < -0.39 is 0 Å². The Morgan fingerprint density at radius 2 is 1.32 bits per heavy atom. The van der Waals surface area contributed by atoms with Crippen molar-refractivity contribution < 1.29 is 29.4 Å². The third-order valence-corrected chi connectivity index (χ3v) is 7.47. The van der Waals surface area contributed by atoms with Gasteiger partial charge in [0.15, 0.2) is 12.6 Å². The molecule has 8 nitrogen and oxygen atoms in total. The van der Waals surface area contributed by atoms with E-state index in [0.717, 1.165) is 58.4 Å². The van der Waals surface area contributed by atoms with Crippen LogP contribution in [0.15, 0.2) is 72.8 Å². The van der Waals surface area contributed by atoms with Crippen LogP contribution in [-0.2, 0) is 17.6 Å². The molecule has 0 saturated heterocycles. The maximum Gasteiger partial charge on any atom is 0.258 e. The molecule has 4 aromatic rings. The zero-order valence-corrected chi connectivity index (χ0v) is 22.4. The SMILES string of the molecule is Cc1ccc(C=O)c(O)c1.O=Cc1ccc(C(=O)N2CCc3c(-c4cccc5c4CCN5C=O)cccc32)cc1O. The van der Waals surface area contributed by atoms with Crippen molar-refractivity contribution in [1.82, 2.24) is 0 Å². The van der Waals surface area contributed by atoms with Crippen molar-refractivity contribution in [3.63, 3.8) is 0 Å². The normalized spacial score (nSPS) is 13.1. The first-order valence-electron chi connectivity index (χ1n) is 13.2. The lowest BCUT2D eigenvalue weighted by molar-refractivity contribution is -0.107. The number of phenols is 2. The highest BCUT2D eigenvalue weighted by Gasteiger charge is 2.30. The number of carbonyl (C=O) groups excluding carboxylic acids is 4. The molecule has 0 bridgehead atoms.